The van der Waals surface area contributed by atoms with Crippen LogP contribution in [0.25, 0.3) is 10.9 Å². The minimum atomic E-state index is -0.356. The molecule has 0 atom stereocenters. The van der Waals surface area contributed by atoms with Gasteiger partial charge in [0.25, 0.3) is 5.91 Å². The van der Waals surface area contributed by atoms with Crippen LogP contribution in [0.1, 0.15) is 23.3 Å². The Morgan fingerprint density at radius 2 is 1.96 bits per heavy atom. The number of rotatable bonds is 4. The van der Waals surface area contributed by atoms with E-state index in [0.717, 1.165) is 10.9 Å². The quantitative estimate of drug-likeness (QED) is 0.683. The summed E-state index contributed by atoms with van der Waals surface area (Å²) >= 11 is 12.0. The number of fused-ring (bicyclic) bond motifs is 1. The van der Waals surface area contributed by atoms with E-state index >= 15 is 0 Å². The molecule has 0 aliphatic rings. The van der Waals surface area contributed by atoms with Crippen LogP contribution in [0, 0.1) is 0 Å². The van der Waals surface area contributed by atoms with Gasteiger partial charge in [0.1, 0.15) is 5.52 Å². The summed E-state index contributed by atoms with van der Waals surface area (Å²) in [6.07, 6.45) is 2.14. The van der Waals surface area contributed by atoms with Gasteiger partial charge in [-0.15, -0.1) is 0 Å². The van der Waals surface area contributed by atoms with Gasteiger partial charge in [0.15, 0.2) is 5.75 Å². The fourth-order valence-corrected chi connectivity index (χ4v) is 2.95. The Kier molecular flexibility index (Phi) is 6.23. The molecule has 0 fully saturated rings. The van der Waals surface area contributed by atoms with Gasteiger partial charge in [-0.05, 0) is 36.2 Å². The van der Waals surface area contributed by atoms with Crippen LogP contribution >= 0.6 is 23.2 Å². The van der Waals surface area contributed by atoms with E-state index in [9.17, 15) is 9.90 Å². The first-order chi connectivity index (χ1) is 11.6. The molecular formula is C19H18Cl2N2O2. The Morgan fingerprint density at radius 3 is 2.72 bits per heavy atom. The first-order valence-electron chi connectivity index (χ1n) is 7.35. The molecule has 1 aromatic heterocycles. The molecule has 2 N–H and O–H groups in total. The monoisotopic (exact) mass is 376 g/mol. The highest BCUT2D eigenvalue weighted by atomic mass is 35.5. The normalized spacial score (nSPS) is 10.3. The number of aromatic hydroxyl groups is 1. The highest BCUT2D eigenvalue weighted by molar-refractivity contribution is 6.35. The van der Waals surface area contributed by atoms with Gasteiger partial charge in [0.05, 0.1) is 5.56 Å². The molecule has 25 heavy (non-hydrogen) atoms. The molecule has 4 nitrogen and oxygen atoms in total. The van der Waals surface area contributed by atoms with Crippen LogP contribution in [-0.2, 0) is 6.42 Å². The minimum Gasteiger partial charge on any atom is -0.505 e. The zero-order valence-electron chi connectivity index (χ0n) is 12.6. The maximum Gasteiger partial charge on any atom is 0.255 e. The van der Waals surface area contributed by atoms with E-state index in [1.165, 1.54) is 0 Å². The van der Waals surface area contributed by atoms with Crippen LogP contribution in [0.15, 0.2) is 48.7 Å². The lowest BCUT2D eigenvalue weighted by Gasteiger charge is -2.09. The first kappa shape index (κ1) is 19.0. The number of hydrogen-bond acceptors (Lipinski definition) is 3. The van der Waals surface area contributed by atoms with Crippen molar-refractivity contribution in [2.24, 2.45) is 0 Å². The van der Waals surface area contributed by atoms with E-state index in [-0.39, 0.29) is 24.6 Å². The van der Waals surface area contributed by atoms with Crippen LogP contribution in [0.3, 0.4) is 0 Å². The Morgan fingerprint density at radius 1 is 1.16 bits per heavy atom. The third-order valence-electron chi connectivity index (χ3n) is 3.69. The zero-order valence-corrected chi connectivity index (χ0v) is 14.1. The molecule has 3 aromatic rings. The van der Waals surface area contributed by atoms with Crippen molar-refractivity contribution >= 4 is 40.0 Å². The molecule has 0 aliphatic heterocycles. The first-order valence-corrected chi connectivity index (χ1v) is 8.10. The predicted octanol–water partition coefficient (Wildman–Crippen LogP) is 4.86. The summed E-state index contributed by atoms with van der Waals surface area (Å²) in [5.41, 5.74) is 1.50. The fourth-order valence-electron chi connectivity index (χ4n) is 2.44. The van der Waals surface area contributed by atoms with Gasteiger partial charge in [0, 0.05) is 28.2 Å². The Labute approximate surface area is 156 Å². The zero-order chi connectivity index (χ0) is 17.1. The molecule has 0 bridgehead atoms. The second kappa shape index (κ2) is 8.19. The molecule has 3 rings (SSSR count). The lowest BCUT2D eigenvalue weighted by molar-refractivity contribution is 0.0951. The standard InChI is InChI=1S/C18H14Cl2N2O2.CH4/c19-13-5-3-11(15(20)10-13)7-9-22-18(24)14-6-4-12-2-1-8-21-16(12)17(14)23;/h1-6,8,10,23H,7,9H2,(H,22,24);1H4. The average molecular weight is 377 g/mol. The third-order valence-corrected chi connectivity index (χ3v) is 4.27. The van der Waals surface area contributed by atoms with Gasteiger partial charge in [-0.3, -0.25) is 9.78 Å². The van der Waals surface area contributed by atoms with Crippen LogP contribution in [-0.4, -0.2) is 22.5 Å². The molecule has 0 saturated carbocycles. The van der Waals surface area contributed by atoms with E-state index in [4.69, 9.17) is 23.2 Å². The molecule has 0 spiro atoms. The molecule has 0 radical (unpaired) electrons. The third kappa shape index (κ3) is 4.21. The maximum absolute atomic E-state index is 12.3. The molecule has 0 aliphatic carbocycles. The number of carbonyl (C=O) groups is 1. The SMILES string of the molecule is C.O=C(NCCc1ccc(Cl)cc1Cl)c1ccc2cccnc2c1O. The largest absolute Gasteiger partial charge is 0.505 e. The van der Waals surface area contributed by atoms with Gasteiger partial charge < -0.3 is 10.4 Å². The summed E-state index contributed by atoms with van der Waals surface area (Å²) in [5.74, 6) is -0.472. The van der Waals surface area contributed by atoms with E-state index in [2.05, 4.69) is 10.3 Å². The number of nitrogens with one attached hydrogen (secondary N) is 1. The van der Waals surface area contributed by atoms with E-state index in [1.807, 2.05) is 12.1 Å². The maximum atomic E-state index is 12.3. The van der Waals surface area contributed by atoms with Crippen molar-refractivity contribution in [3.63, 3.8) is 0 Å². The van der Waals surface area contributed by atoms with Crippen molar-refractivity contribution in [2.75, 3.05) is 6.54 Å². The summed E-state index contributed by atoms with van der Waals surface area (Å²) in [6.45, 7) is 0.389. The number of amides is 1. The second-order valence-electron chi connectivity index (χ2n) is 5.28. The lowest BCUT2D eigenvalue weighted by atomic mass is 10.1. The molecule has 6 heteroatoms. The highest BCUT2D eigenvalue weighted by Crippen LogP contribution is 2.26. The number of pyridine rings is 1. The Hall–Kier alpha value is -2.30. The Balaban J connectivity index is 0.00000225. The predicted molar refractivity (Wildman–Crippen MR) is 103 cm³/mol. The molecular weight excluding hydrogens is 359 g/mol. The molecule has 0 unspecified atom stereocenters. The minimum absolute atomic E-state index is 0. The summed E-state index contributed by atoms with van der Waals surface area (Å²) in [5, 5.41) is 14.9. The smallest absolute Gasteiger partial charge is 0.255 e. The number of aromatic nitrogens is 1. The molecule has 0 saturated heterocycles. The van der Waals surface area contributed by atoms with Crippen molar-refractivity contribution in [1.82, 2.24) is 10.3 Å². The van der Waals surface area contributed by atoms with Gasteiger partial charge in [-0.1, -0.05) is 48.8 Å². The van der Waals surface area contributed by atoms with Crippen molar-refractivity contribution in [3.8, 4) is 5.75 Å². The number of carbonyl (C=O) groups excluding carboxylic acids is 1. The number of benzene rings is 2. The van der Waals surface area contributed by atoms with Crippen molar-refractivity contribution in [1.29, 1.82) is 0 Å². The number of phenolic OH excluding ortho intramolecular Hbond substituents is 1. The van der Waals surface area contributed by atoms with Gasteiger partial charge in [0.2, 0.25) is 0 Å². The number of nitrogens with zero attached hydrogens (tertiary/aromatic N) is 1. The summed E-state index contributed by atoms with van der Waals surface area (Å²) in [4.78, 5) is 16.4. The van der Waals surface area contributed by atoms with Crippen molar-refractivity contribution in [2.45, 2.75) is 13.8 Å². The molecule has 1 heterocycles. The average Bonchev–Trinajstić information content (AvgIpc) is 2.57. The fraction of sp³-hybridized carbons (Fsp3) is 0.158. The number of halogens is 2. The van der Waals surface area contributed by atoms with Gasteiger partial charge in [-0.2, -0.15) is 0 Å². The van der Waals surface area contributed by atoms with Crippen molar-refractivity contribution in [3.05, 3.63) is 69.8 Å². The summed E-state index contributed by atoms with van der Waals surface area (Å²) < 4.78 is 0. The molecule has 130 valence electrons. The topological polar surface area (TPSA) is 62.2 Å². The Bertz CT molecular complexity index is 913. The van der Waals surface area contributed by atoms with Gasteiger partial charge >= 0.3 is 0 Å². The van der Waals surface area contributed by atoms with Crippen LogP contribution in [0.2, 0.25) is 10.0 Å². The van der Waals surface area contributed by atoms with E-state index in [1.54, 1.807) is 36.5 Å². The van der Waals surface area contributed by atoms with Crippen LogP contribution in [0.5, 0.6) is 5.75 Å². The van der Waals surface area contributed by atoms with Gasteiger partial charge in [-0.25, -0.2) is 0 Å². The summed E-state index contributed by atoms with van der Waals surface area (Å²) in [6, 6.07) is 12.2. The number of hydrogen-bond donors (Lipinski definition) is 2. The molecule has 2 aromatic carbocycles. The summed E-state index contributed by atoms with van der Waals surface area (Å²) in [7, 11) is 0. The van der Waals surface area contributed by atoms with E-state index < -0.39 is 0 Å². The van der Waals surface area contributed by atoms with E-state index in [0.29, 0.717) is 28.5 Å². The van der Waals surface area contributed by atoms with Crippen LogP contribution < -0.4 is 5.32 Å². The second-order valence-corrected chi connectivity index (χ2v) is 6.12. The molecule has 1 amide bonds. The lowest BCUT2D eigenvalue weighted by Crippen LogP contribution is -2.25. The van der Waals surface area contributed by atoms with Crippen LogP contribution in [0.4, 0.5) is 0 Å². The number of phenols is 1. The van der Waals surface area contributed by atoms with Crippen molar-refractivity contribution < 1.29 is 9.90 Å². The highest BCUT2D eigenvalue weighted by Gasteiger charge is 2.14.